The van der Waals surface area contributed by atoms with Gasteiger partial charge < -0.3 is 30.1 Å². The number of para-hydroxylation sites is 1. The number of rotatable bonds is 12. The highest BCUT2D eigenvalue weighted by Gasteiger charge is 2.21. The summed E-state index contributed by atoms with van der Waals surface area (Å²) in [7, 11) is 2.06. The van der Waals surface area contributed by atoms with E-state index in [2.05, 4.69) is 32.5 Å². The molecular weight excluding hydrogens is 609 g/mol. The van der Waals surface area contributed by atoms with E-state index in [1.807, 2.05) is 73.9 Å². The zero-order chi connectivity index (χ0) is 34.2. The molecule has 5 rings (SSSR count). The molecule has 0 unspecified atom stereocenters. The van der Waals surface area contributed by atoms with E-state index in [4.69, 9.17) is 4.74 Å². The zero-order valence-electron chi connectivity index (χ0n) is 28.3. The fourth-order valence-electron chi connectivity index (χ4n) is 5.73. The van der Waals surface area contributed by atoms with Crippen molar-refractivity contribution in [2.24, 2.45) is 0 Å². The molecule has 4 aromatic rings. The van der Waals surface area contributed by atoms with Crippen molar-refractivity contribution in [2.75, 3.05) is 61.8 Å². The second-order valence-electron chi connectivity index (χ2n) is 12.0. The van der Waals surface area contributed by atoms with Crippen molar-refractivity contribution in [2.45, 2.75) is 40.5 Å². The van der Waals surface area contributed by atoms with Gasteiger partial charge in [-0.05, 0) is 88.2 Å². The Morgan fingerprint density at radius 1 is 0.958 bits per heavy atom. The van der Waals surface area contributed by atoms with Gasteiger partial charge in [-0.2, -0.15) is 4.98 Å². The number of anilines is 4. The van der Waals surface area contributed by atoms with Crippen molar-refractivity contribution in [3.63, 3.8) is 0 Å². The number of piperazine rings is 1. The van der Waals surface area contributed by atoms with Crippen LogP contribution in [0.15, 0.2) is 66.9 Å². The van der Waals surface area contributed by atoms with Crippen LogP contribution in [-0.2, 0) is 11.2 Å². The Hall–Kier alpha value is -5.03. The van der Waals surface area contributed by atoms with Gasteiger partial charge in [0.25, 0.3) is 5.91 Å². The average molecular weight is 654 g/mol. The molecule has 3 aromatic carbocycles. The molecule has 0 radical (unpaired) electrons. The van der Waals surface area contributed by atoms with Crippen LogP contribution in [0.25, 0.3) is 0 Å². The number of carbonyl (C=O) groups excluding carboxylic acids is 2. The largest absolute Gasteiger partial charge is 0.438 e. The van der Waals surface area contributed by atoms with Crippen molar-refractivity contribution >= 4 is 34.8 Å². The summed E-state index contributed by atoms with van der Waals surface area (Å²) in [6, 6.07) is 18.1. The first-order chi connectivity index (χ1) is 23.1. The predicted molar refractivity (Wildman–Crippen MR) is 188 cm³/mol. The number of aryl methyl sites for hydroxylation is 3. The van der Waals surface area contributed by atoms with Gasteiger partial charge in [-0.25, -0.2) is 9.37 Å². The number of hydrogen-bond acceptors (Lipinski definition) is 8. The first kappa shape index (κ1) is 34.3. The van der Waals surface area contributed by atoms with Crippen LogP contribution in [0.5, 0.6) is 11.6 Å². The number of amides is 2. The zero-order valence-corrected chi connectivity index (χ0v) is 28.3. The Balaban J connectivity index is 1.40. The molecule has 0 aliphatic carbocycles. The average Bonchev–Trinajstić information content (AvgIpc) is 3.07. The van der Waals surface area contributed by atoms with E-state index >= 15 is 4.39 Å². The summed E-state index contributed by atoms with van der Waals surface area (Å²) >= 11 is 0. The predicted octanol–water partition coefficient (Wildman–Crippen LogP) is 6.57. The summed E-state index contributed by atoms with van der Waals surface area (Å²) in [6.07, 6.45) is 2.31. The van der Waals surface area contributed by atoms with Gasteiger partial charge in [0.2, 0.25) is 17.7 Å². The van der Waals surface area contributed by atoms with E-state index in [-0.39, 0.29) is 29.1 Å². The third kappa shape index (κ3) is 8.46. The highest BCUT2D eigenvalue weighted by Crippen LogP contribution is 2.30. The summed E-state index contributed by atoms with van der Waals surface area (Å²) in [5.41, 5.74) is 4.59. The maximum atomic E-state index is 15.2. The second-order valence-corrected chi connectivity index (χ2v) is 12.0. The van der Waals surface area contributed by atoms with Crippen molar-refractivity contribution in [3.05, 3.63) is 94.9 Å². The topological polar surface area (TPSA) is 103 Å². The van der Waals surface area contributed by atoms with E-state index in [0.717, 1.165) is 42.9 Å². The number of aromatic nitrogens is 2. The third-order valence-electron chi connectivity index (χ3n) is 8.62. The molecule has 2 heterocycles. The Labute approximate surface area is 281 Å². The van der Waals surface area contributed by atoms with Gasteiger partial charge in [0.15, 0.2) is 0 Å². The van der Waals surface area contributed by atoms with E-state index in [0.29, 0.717) is 48.7 Å². The Bertz CT molecular complexity index is 1730. The number of nitrogens with zero attached hydrogens (tertiary/aromatic N) is 5. The fourth-order valence-corrected chi connectivity index (χ4v) is 5.73. The third-order valence-corrected chi connectivity index (χ3v) is 8.62. The maximum absolute atomic E-state index is 15.2. The Morgan fingerprint density at radius 3 is 2.35 bits per heavy atom. The first-order valence-corrected chi connectivity index (χ1v) is 16.4. The number of hydrogen-bond donors (Lipinski definition) is 2. The summed E-state index contributed by atoms with van der Waals surface area (Å²) in [6.45, 7) is 12.4. The standard InChI is InChI=1S/C37H44FN7O3/c1-6-44(7-2)33(46)17-14-27-12-9-13-29(22-27)48-36-30(35(47)41-34-25(3)10-8-11-26(34)4)24-39-37(42-36)40-28-15-16-32(31(38)23-28)45-20-18-43(5)19-21-45/h8-13,15-16,22-24H,6-7,14,17-21H2,1-5H3,(H,41,47)(H,39,40,42). The lowest BCUT2D eigenvalue weighted by Gasteiger charge is -2.34. The maximum Gasteiger partial charge on any atom is 0.262 e. The van der Waals surface area contributed by atoms with E-state index in [1.54, 1.807) is 18.2 Å². The van der Waals surface area contributed by atoms with Crippen LogP contribution < -0.4 is 20.3 Å². The van der Waals surface area contributed by atoms with Crippen LogP contribution in [0.2, 0.25) is 0 Å². The molecule has 0 spiro atoms. The monoisotopic (exact) mass is 653 g/mol. The smallest absolute Gasteiger partial charge is 0.262 e. The Kier molecular flexibility index (Phi) is 11.2. The van der Waals surface area contributed by atoms with Gasteiger partial charge in [-0.3, -0.25) is 9.59 Å². The van der Waals surface area contributed by atoms with Crippen molar-refractivity contribution in [3.8, 4) is 11.6 Å². The summed E-state index contributed by atoms with van der Waals surface area (Å²) in [5, 5.41) is 6.05. The van der Waals surface area contributed by atoms with Crippen molar-refractivity contribution in [1.29, 1.82) is 0 Å². The second kappa shape index (κ2) is 15.7. The minimum Gasteiger partial charge on any atom is -0.438 e. The summed E-state index contributed by atoms with van der Waals surface area (Å²) in [4.78, 5) is 41.2. The lowest BCUT2D eigenvalue weighted by Crippen LogP contribution is -2.44. The normalized spacial score (nSPS) is 13.2. The number of carbonyl (C=O) groups is 2. The number of benzene rings is 3. The molecule has 2 amide bonds. The highest BCUT2D eigenvalue weighted by atomic mass is 19.1. The molecule has 0 bridgehead atoms. The first-order valence-electron chi connectivity index (χ1n) is 16.4. The molecule has 48 heavy (non-hydrogen) atoms. The van der Waals surface area contributed by atoms with Gasteiger partial charge in [-0.15, -0.1) is 0 Å². The molecule has 11 heteroatoms. The van der Waals surface area contributed by atoms with E-state index in [1.165, 1.54) is 12.3 Å². The number of ether oxygens (including phenoxy) is 1. The molecule has 0 saturated carbocycles. The molecule has 252 valence electrons. The minimum atomic E-state index is -0.433. The summed E-state index contributed by atoms with van der Waals surface area (Å²) < 4.78 is 21.5. The van der Waals surface area contributed by atoms with E-state index in [9.17, 15) is 9.59 Å². The van der Waals surface area contributed by atoms with Crippen molar-refractivity contribution in [1.82, 2.24) is 19.8 Å². The highest BCUT2D eigenvalue weighted by molar-refractivity contribution is 6.06. The molecule has 2 N–H and O–H groups in total. The van der Waals surface area contributed by atoms with Gasteiger partial charge in [0.05, 0.1) is 5.69 Å². The van der Waals surface area contributed by atoms with E-state index < -0.39 is 5.91 Å². The Morgan fingerprint density at radius 2 is 1.67 bits per heavy atom. The lowest BCUT2D eigenvalue weighted by atomic mass is 10.1. The van der Waals surface area contributed by atoms with Gasteiger partial charge in [0.1, 0.15) is 17.1 Å². The molecule has 1 aliphatic rings. The van der Waals surface area contributed by atoms with Crippen LogP contribution in [0, 0.1) is 19.7 Å². The fraction of sp³-hybridized carbons (Fsp3) is 0.351. The van der Waals surface area contributed by atoms with Gasteiger partial charge in [0, 0.05) is 63.3 Å². The van der Waals surface area contributed by atoms with Gasteiger partial charge in [-0.1, -0.05) is 30.3 Å². The lowest BCUT2D eigenvalue weighted by molar-refractivity contribution is -0.130. The molecular formula is C37H44FN7O3. The quantitative estimate of drug-likeness (QED) is 0.177. The molecule has 1 aromatic heterocycles. The molecule has 10 nitrogen and oxygen atoms in total. The SMILES string of the molecule is CCN(CC)C(=O)CCc1cccc(Oc2nc(Nc3ccc(N4CCN(C)CC4)c(F)c3)ncc2C(=O)Nc2c(C)cccc2C)c1. The summed E-state index contributed by atoms with van der Waals surface area (Å²) in [5.74, 6) is -0.0599. The molecule has 1 fully saturated rings. The molecule has 1 saturated heterocycles. The van der Waals surface area contributed by atoms with Crippen LogP contribution in [0.3, 0.4) is 0 Å². The molecule has 0 atom stereocenters. The number of nitrogens with one attached hydrogen (secondary N) is 2. The van der Waals surface area contributed by atoms with Crippen molar-refractivity contribution < 1.29 is 18.7 Å². The van der Waals surface area contributed by atoms with Gasteiger partial charge >= 0.3 is 0 Å². The van der Waals surface area contributed by atoms with Crippen LogP contribution in [0.4, 0.5) is 27.4 Å². The van der Waals surface area contributed by atoms with Crippen LogP contribution in [-0.4, -0.2) is 77.9 Å². The minimum absolute atomic E-state index is 0.0298. The van der Waals surface area contributed by atoms with Crippen LogP contribution in [0.1, 0.15) is 47.3 Å². The van der Waals surface area contributed by atoms with Crippen LogP contribution >= 0.6 is 0 Å². The number of halogens is 1. The molecule has 1 aliphatic heterocycles. The number of likely N-dealkylation sites (N-methyl/N-ethyl adjacent to an activating group) is 1.